The first-order chi connectivity index (χ1) is 11.5. The van der Waals surface area contributed by atoms with Crippen LogP contribution in [0.4, 0.5) is 5.69 Å². The first kappa shape index (κ1) is 15.4. The van der Waals surface area contributed by atoms with E-state index in [1.54, 1.807) is 6.92 Å². The van der Waals surface area contributed by atoms with Crippen molar-refractivity contribution < 1.29 is 18.9 Å². The van der Waals surface area contributed by atoms with Gasteiger partial charge in [-0.05, 0) is 31.2 Å². The number of benzene rings is 2. The van der Waals surface area contributed by atoms with E-state index < -0.39 is 10.9 Å². The summed E-state index contributed by atoms with van der Waals surface area (Å²) in [6.45, 7) is 1.62. The number of esters is 1. The average molecular weight is 324 g/mol. The Balaban J connectivity index is 1.80. The molecule has 0 fully saturated rings. The molecular formula is C17H12N2O5. The first-order valence-electron chi connectivity index (χ1n) is 7.04. The highest BCUT2D eigenvalue weighted by atomic mass is 16.6. The Morgan fingerprint density at radius 2 is 1.79 bits per heavy atom. The standard InChI is InChI=1S/C17H12N2O5/c1-11-15(18-16(23-11)12-5-3-2-4-6-12)17(20)24-14-9-7-13(8-10-14)19(21)22/h2-10H,1H3. The zero-order valence-corrected chi connectivity index (χ0v) is 12.6. The molecule has 1 heterocycles. The third-order valence-electron chi connectivity index (χ3n) is 3.27. The SMILES string of the molecule is Cc1oc(-c2ccccc2)nc1C(=O)Oc1ccc([N+](=O)[O-])cc1. The van der Waals surface area contributed by atoms with Gasteiger partial charge in [0.2, 0.25) is 5.89 Å². The number of hydrogen-bond acceptors (Lipinski definition) is 6. The second-order valence-electron chi connectivity index (χ2n) is 4.93. The second kappa shape index (κ2) is 6.33. The van der Waals surface area contributed by atoms with Gasteiger partial charge in [-0.15, -0.1) is 0 Å². The normalized spacial score (nSPS) is 10.4. The van der Waals surface area contributed by atoms with Gasteiger partial charge in [0.15, 0.2) is 5.69 Å². The van der Waals surface area contributed by atoms with Crippen LogP contribution in [-0.4, -0.2) is 15.9 Å². The molecule has 2 aromatic carbocycles. The van der Waals surface area contributed by atoms with E-state index in [4.69, 9.17) is 9.15 Å². The van der Waals surface area contributed by atoms with Crippen molar-refractivity contribution in [3.63, 3.8) is 0 Å². The minimum absolute atomic E-state index is 0.0622. The van der Waals surface area contributed by atoms with E-state index in [1.165, 1.54) is 24.3 Å². The van der Waals surface area contributed by atoms with E-state index >= 15 is 0 Å². The summed E-state index contributed by atoms with van der Waals surface area (Å²) in [5.74, 6) is 0.158. The summed E-state index contributed by atoms with van der Waals surface area (Å²) in [6, 6.07) is 14.4. The van der Waals surface area contributed by atoms with E-state index in [-0.39, 0.29) is 17.1 Å². The lowest BCUT2D eigenvalue weighted by Crippen LogP contribution is -2.10. The van der Waals surface area contributed by atoms with Crippen LogP contribution in [0.2, 0.25) is 0 Å². The zero-order chi connectivity index (χ0) is 17.1. The van der Waals surface area contributed by atoms with Crippen LogP contribution in [0.15, 0.2) is 59.0 Å². The Hall–Kier alpha value is -3.48. The Morgan fingerprint density at radius 3 is 2.42 bits per heavy atom. The number of non-ortho nitro benzene ring substituents is 1. The number of nitro benzene ring substituents is 1. The highest BCUT2D eigenvalue weighted by Crippen LogP contribution is 2.23. The van der Waals surface area contributed by atoms with E-state index in [1.807, 2.05) is 30.3 Å². The minimum Gasteiger partial charge on any atom is -0.441 e. The highest BCUT2D eigenvalue weighted by molar-refractivity contribution is 5.90. The van der Waals surface area contributed by atoms with Crippen LogP contribution in [-0.2, 0) is 0 Å². The lowest BCUT2D eigenvalue weighted by atomic mass is 10.2. The Bertz CT molecular complexity index is 885. The zero-order valence-electron chi connectivity index (χ0n) is 12.6. The van der Waals surface area contributed by atoms with Crippen molar-refractivity contribution in [3.05, 3.63) is 76.2 Å². The van der Waals surface area contributed by atoms with Gasteiger partial charge < -0.3 is 9.15 Å². The minimum atomic E-state index is -0.688. The van der Waals surface area contributed by atoms with Gasteiger partial charge in [-0.3, -0.25) is 10.1 Å². The van der Waals surface area contributed by atoms with Crippen LogP contribution in [0.5, 0.6) is 5.75 Å². The molecule has 120 valence electrons. The van der Waals surface area contributed by atoms with Crippen LogP contribution >= 0.6 is 0 Å². The van der Waals surface area contributed by atoms with Gasteiger partial charge in [-0.2, -0.15) is 0 Å². The molecule has 0 atom stereocenters. The molecule has 0 bridgehead atoms. The molecule has 0 radical (unpaired) electrons. The maximum atomic E-state index is 12.2. The number of aromatic nitrogens is 1. The van der Waals surface area contributed by atoms with Gasteiger partial charge in [0.1, 0.15) is 11.5 Å². The van der Waals surface area contributed by atoms with Gasteiger partial charge in [0.25, 0.3) is 5.69 Å². The predicted molar refractivity (Wildman–Crippen MR) is 84.7 cm³/mol. The number of carbonyl (C=O) groups is 1. The Morgan fingerprint density at radius 1 is 1.12 bits per heavy atom. The van der Waals surface area contributed by atoms with Crippen molar-refractivity contribution in [1.29, 1.82) is 0 Å². The second-order valence-corrected chi connectivity index (χ2v) is 4.93. The molecular weight excluding hydrogens is 312 g/mol. The summed E-state index contributed by atoms with van der Waals surface area (Å²) in [7, 11) is 0. The average Bonchev–Trinajstić information content (AvgIpc) is 2.98. The monoisotopic (exact) mass is 324 g/mol. The molecule has 0 aliphatic carbocycles. The molecule has 0 N–H and O–H groups in total. The van der Waals surface area contributed by atoms with Crippen molar-refractivity contribution in [3.8, 4) is 17.2 Å². The lowest BCUT2D eigenvalue weighted by molar-refractivity contribution is -0.384. The molecule has 7 nitrogen and oxygen atoms in total. The van der Waals surface area contributed by atoms with Gasteiger partial charge in [-0.1, -0.05) is 18.2 Å². The summed E-state index contributed by atoms with van der Waals surface area (Å²) in [4.78, 5) is 26.5. The third-order valence-corrected chi connectivity index (χ3v) is 3.27. The largest absolute Gasteiger partial charge is 0.441 e. The molecule has 0 spiro atoms. The van der Waals surface area contributed by atoms with Crippen molar-refractivity contribution in [1.82, 2.24) is 4.98 Å². The molecule has 0 saturated heterocycles. The van der Waals surface area contributed by atoms with Gasteiger partial charge in [0, 0.05) is 17.7 Å². The van der Waals surface area contributed by atoms with Crippen molar-refractivity contribution in [2.75, 3.05) is 0 Å². The van der Waals surface area contributed by atoms with E-state index in [9.17, 15) is 14.9 Å². The molecule has 0 aliphatic rings. The summed E-state index contributed by atoms with van der Waals surface area (Å²) in [6.07, 6.45) is 0. The van der Waals surface area contributed by atoms with Crippen LogP contribution in [0.1, 0.15) is 16.2 Å². The quantitative estimate of drug-likeness (QED) is 0.314. The van der Waals surface area contributed by atoms with E-state index in [2.05, 4.69) is 4.98 Å². The number of ether oxygens (including phenoxy) is 1. The summed E-state index contributed by atoms with van der Waals surface area (Å²) >= 11 is 0. The fourth-order valence-corrected chi connectivity index (χ4v) is 2.08. The summed E-state index contributed by atoms with van der Waals surface area (Å²) < 4.78 is 10.7. The molecule has 0 aliphatic heterocycles. The van der Waals surface area contributed by atoms with Crippen LogP contribution in [0, 0.1) is 17.0 Å². The fraction of sp³-hybridized carbons (Fsp3) is 0.0588. The molecule has 3 rings (SSSR count). The number of nitrogens with zero attached hydrogens (tertiary/aromatic N) is 2. The van der Waals surface area contributed by atoms with Crippen molar-refractivity contribution in [2.24, 2.45) is 0 Å². The lowest BCUT2D eigenvalue weighted by Gasteiger charge is -2.01. The molecule has 0 unspecified atom stereocenters. The number of nitro groups is 1. The number of oxazole rings is 1. The number of rotatable bonds is 4. The van der Waals surface area contributed by atoms with Crippen LogP contribution < -0.4 is 4.74 Å². The Labute approximate surface area is 136 Å². The number of hydrogen-bond donors (Lipinski definition) is 0. The van der Waals surface area contributed by atoms with E-state index in [0.29, 0.717) is 11.7 Å². The van der Waals surface area contributed by atoms with E-state index in [0.717, 1.165) is 5.56 Å². The van der Waals surface area contributed by atoms with Crippen molar-refractivity contribution in [2.45, 2.75) is 6.92 Å². The molecule has 24 heavy (non-hydrogen) atoms. The summed E-state index contributed by atoms with van der Waals surface area (Å²) in [5, 5.41) is 10.6. The smallest absolute Gasteiger partial charge is 0.366 e. The molecule has 0 amide bonds. The molecule has 7 heteroatoms. The molecule has 1 aromatic heterocycles. The number of carbonyl (C=O) groups excluding carboxylic acids is 1. The maximum absolute atomic E-state index is 12.2. The predicted octanol–water partition coefficient (Wildman–Crippen LogP) is 3.78. The first-order valence-corrected chi connectivity index (χ1v) is 7.04. The molecule has 0 saturated carbocycles. The van der Waals surface area contributed by atoms with Gasteiger partial charge in [-0.25, -0.2) is 9.78 Å². The fourth-order valence-electron chi connectivity index (χ4n) is 2.08. The van der Waals surface area contributed by atoms with Crippen LogP contribution in [0.25, 0.3) is 11.5 Å². The van der Waals surface area contributed by atoms with Gasteiger partial charge >= 0.3 is 5.97 Å². The maximum Gasteiger partial charge on any atom is 0.366 e. The topological polar surface area (TPSA) is 95.5 Å². The highest BCUT2D eigenvalue weighted by Gasteiger charge is 2.20. The molecule has 3 aromatic rings. The van der Waals surface area contributed by atoms with Gasteiger partial charge in [0.05, 0.1) is 4.92 Å². The number of aryl methyl sites for hydroxylation is 1. The van der Waals surface area contributed by atoms with Crippen molar-refractivity contribution >= 4 is 11.7 Å². The third kappa shape index (κ3) is 3.14. The summed E-state index contributed by atoms with van der Waals surface area (Å²) in [5.41, 5.74) is 0.723. The Kier molecular flexibility index (Phi) is 4.07. The van der Waals surface area contributed by atoms with Crippen LogP contribution in [0.3, 0.4) is 0 Å².